The molecular weight excluding hydrogens is 286 g/mol. The van der Waals surface area contributed by atoms with Crippen molar-refractivity contribution in [3.8, 4) is 0 Å². The molecule has 0 aromatic carbocycles. The first kappa shape index (κ1) is 14.0. The van der Waals surface area contributed by atoms with Gasteiger partial charge in [-0.15, -0.1) is 0 Å². The second-order valence-electron chi connectivity index (χ2n) is 5.10. The van der Waals surface area contributed by atoms with Gasteiger partial charge in [-0.1, -0.05) is 24.9 Å². The molecule has 2 aromatic rings. The molecule has 5 nitrogen and oxygen atoms in total. The number of hydrogen-bond acceptors (Lipinski definition) is 5. The van der Waals surface area contributed by atoms with E-state index in [1.54, 1.807) is 12.4 Å². The number of amides is 1. The maximum absolute atomic E-state index is 12.4. The van der Waals surface area contributed by atoms with E-state index in [2.05, 4.69) is 22.8 Å². The molecule has 0 radical (unpaired) electrons. The zero-order chi connectivity index (χ0) is 15.0. The van der Waals surface area contributed by atoms with Crippen molar-refractivity contribution in [1.82, 2.24) is 9.97 Å². The predicted octanol–water partition coefficient (Wildman–Crippen LogP) is 1.80. The molecule has 0 saturated heterocycles. The summed E-state index contributed by atoms with van der Waals surface area (Å²) in [5.41, 5.74) is 3.33. The lowest BCUT2D eigenvalue weighted by molar-refractivity contribution is -0.118. The van der Waals surface area contributed by atoms with Crippen molar-refractivity contribution < 1.29 is 9.90 Å². The normalized spacial score (nSPS) is 17.2. The van der Waals surface area contributed by atoms with Gasteiger partial charge in [0.1, 0.15) is 5.82 Å². The number of aliphatic hydroxyl groups is 1. The summed E-state index contributed by atoms with van der Waals surface area (Å²) >= 11 is 4.21. The molecule has 6 heteroatoms. The third-order valence-electron chi connectivity index (χ3n) is 3.66. The summed E-state index contributed by atoms with van der Waals surface area (Å²) in [5.74, 6) is 0.110. The molecule has 1 atom stereocenters. The summed E-state index contributed by atoms with van der Waals surface area (Å²) in [5, 5.41) is 9.47. The number of rotatable bonds is 3. The van der Waals surface area contributed by atoms with E-state index in [1.165, 1.54) is 4.31 Å². The molecule has 3 heterocycles. The van der Waals surface area contributed by atoms with Crippen LogP contribution in [0.25, 0.3) is 0 Å². The number of pyridine rings is 2. The van der Waals surface area contributed by atoms with Gasteiger partial charge in [-0.3, -0.25) is 9.78 Å². The van der Waals surface area contributed by atoms with E-state index in [0.717, 1.165) is 22.4 Å². The number of nitrogens with zero attached hydrogens (tertiary/aromatic N) is 3. The monoisotopic (exact) mass is 301 g/mol. The van der Waals surface area contributed by atoms with Gasteiger partial charge in [-0.2, -0.15) is 0 Å². The van der Waals surface area contributed by atoms with Crippen molar-refractivity contribution in [2.75, 3.05) is 4.31 Å². The summed E-state index contributed by atoms with van der Waals surface area (Å²) < 4.78 is 1.28. The largest absolute Gasteiger partial charge is 0.392 e. The number of aliphatic hydroxyl groups excluding tert-OH is 1. The molecular formula is C15H15N3O2S. The van der Waals surface area contributed by atoms with Gasteiger partial charge >= 0.3 is 0 Å². The molecule has 0 aliphatic carbocycles. The Morgan fingerprint density at radius 1 is 1.43 bits per heavy atom. The Kier molecular flexibility index (Phi) is 3.65. The molecule has 3 rings (SSSR count). The zero-order valence-electron chi connectivity index (χ0n) is 11.5. The molecule has 0 saturated carbocycles. The third-order valence-corrected chi connectivity index (χ3v) is 4.05. The van der Waals surface area contributed by atoms with E-state index in [0.29, 0.717) is 12.2 Å². The molecule has 108 valence electrons. The van der Waals surface area contributed by atoms with E-state index < -0.39 is 0 Å². The average Bonchev–Trinajstić information content (AvgIpc) is 2.74. The van der Waals surface area contributed by atoms with Crippen LogP contribution in [0.5, 0.6) is 0 Å². The Labute approximate surface area is 128 Å². The van der Waals surface area contributed by atoms with Crippen molar-refractivity contribution in [3.05, 3.63) is 53.0 Å². The fourth-order valence-electron chi connectivity index (χ4n) is 2.61. The van der Waals surface area contributed by atoms with Gasteiger partial charge in [0, 0.05) is 30.1 Å². The van der Waals surface area contributed by atoms with Crippen LogP contribution >= 0.6 is 12.8 Å². The second-order valence-corrected chi connectivity index (χ2v) is 5.50. The van der Waals surface area contributed by atoms with E-state index in [-0.39, 0.29) is 18.4 Å². The lowest BCUT2D eigenvalue weighted by atomic mass is 9.94. The van der Waals surface area contributed by atoms with Gasteiger partial charge < -0.3 is 5.11 Å². The highest BCUT2D eigenvalue weighted by molar-refractivity contribution is 7.82. The first-order chi connectivity index (χ1) is 10.1. The fourth-order valence-corrected chi connectivity index (χ4v) is 2.92. The number of aromatic nitrogens is 2. The molecule has 0 fully saturated rings. The topological polar surface area (TPSA) is 66.3 Å². The Morgan fingerprint density at radius 3 is 3.00 bits per heavy atom. The van der Waals surface area contributed by atoms with Crippen LogP contribution in [0.1, 0.15) is 28.3 Å². The van der Waals surface area contributed by atoms with Crippen molar-refractivity contribution in [2.45, 2.75) is 25.9 Å². The van der Waals surface area contributed by atoms with Crippen LogP contribution in [0.2, 0.25) is 0 Å². The minimum atomic E-state index is -0.355. The summed E-state index contributed by atoms with van der Waals surface area (Å²) in [6.45, 7) is 1.83. The van der Waals surface area contributed by atoms with Crippen molar-refractivity contribution >= 4 is 24.5 Å². The summed E-state index contributed by atoms with van der Waals surface area (Å²) in [4.78, 5) is 20.9. The first-order valence-corrected chi connectivity index (χ1v) is 7.05. The minimum Gasteiger partial charge on any atom is -0.392 e. The molecule has 1 aliphatic heterocycles. The van der Waals surface area contributed by atoms with Gasteiger partial charge in [0.2, 0.25) is 5.91 Å². The van der Waals surface area contributed by atoms with Crippen LogP contribution in [0.3, 0.4) is 0 Å². The summed E-state index contributed by atoms with van der Waals surface area (Å²) in [6.07, 6.45) is 3.82. The summed E-state index contributed by atoms with van der Waals surface area (Å²) in [7, 11) is 0. The van der Waals surface area contributed by atoms with Gasteiger partial charge in [-0.05, 0) is 24.1 Å². The lowest BCUT2D eigenvalue weighted by Crippen LogP contribution is -2.21. The number of aryl methyl sites for hydroxylation is 1. The number of fused-ring (bicyclic) bond motifs is 1. The minimum absolute atomic E-state index is 0.0879. The smallest absolute Gasteiger partial charge is 0.246 e. The van der Waals surface area contributed by atoms with Gasteiger partial charge in [-0.25, -0.2) is 9.29 Å². The standard InChI is InChI=1S/C15H15N3O2S/c1-9-5-10(8-19)13(17-7-9)6-12-11-3-2-4-16-14(11)18(21)15(12)20/h2-5,7,12,19,21H,6,8H2,1H3. The number of carbonyl (C=O) groups is 1. The molecule has 2 aromatic heterocycles. The number of anilines is 1. The molecule has 21 heavy (non-hydrogen) atoms. The molecule has 1 unspecified atom stereocenters. The fraction of sp³-hybridized carbons (Fsp3) is 0.267. The highest BCUT2D eigenvalue weighted by Crippen LogP contribution is 2.38. The quantitative estimate of drug-likeness (QED) is 0.848. The molecule has 1 amide bonds. The van der Waals surface area contributed by atoms with Crippen molar-refractivity contribution in [3.63, 3.8) is 0 Å². The second kappa shape index (κ2) is 5.46. The molecule has 0 bridgehead atoms. The van der Waals surface area contributed by atoms with Crippen LogP contribution in [0.15, 0.2) is 30.6 Å². The van der Waals surface area contributed by atoms with Crippen LogP contribution in [0, 0.1) is 6.92 Å². The van der Waals surface area contributed by atoms with Crippen LogP contribution in [0.4, 0.5) is 5.82 Å². The summed E-state index contributed by atoms with van der Waals surface area (Å²) in [6, 6.07) is 5.58. The zero-order valence-corrected chi connectivity index (χ0v) is 12.4. The number of carbonyl (C=O) groups excluding carboxylic acids is 1. The van der Waals surface area contributed by atoms with Crippen molar-refractivity contribution in [1.29, 1.82) is 0 Å². The maximum atomic E-state index is 12.4. The Balaban J connectivity index is 1.97. The number of hydrogen-bond donors (Lipinski definition) is 2. The van der Waals surface area contributed by atoms with Gasteiger partial charge in [0.25, 0.3) is 0 Å². The van der Waals surface area contributed by atoms with E-state index >= 15 is 0 Å². The van der Waals surface area contributed by atoms with Crippen molar-refractivity contribution in [2.24, 2.45) is 0 Å². The van der Waals surface area contributed by atoms with E-state index in [9.17, 15) is 9.90 Å². The van der Waals surface area contributed by atoms with Crippen LogP contribution in [-0.2, 0) is 17.8 Å². The van der Waals surface area contributed by atoms with Crippen LogP contribution in [-0.4, -0.2) is 21.0 Å². The highest BCUT2D eigenvalue weighted by atomic mass is 32.1. The lowest BCUT2D eigenvalue weighted by Gasteiger charge is -2.12. The molecule has 1 N–H and O–H groups in total. The van der Waals surface area contributed by atoms with E-state index in [1.807, 2.05) is 25.1 Å². The average molecular weight is 301 g/mol. The van der Waals surface area contributed by atoms with Gasteiger partial charge in [0.05, 0.1) is 12.5 Å². The van der Waals surface area contributed by atoms with Crippen LogP contribution < -0.4 is 4.31 Å². The Bertz CT molecular complexity index is 705. The number of thiol groups is 1. The first-order valence-electron chi connectivity index (χ1n) is 6.65. The SMILES string of the molecule is Cc1cnc(CC2C(=O)N(S)c3ncccc32)c(CO)c1. The molecule has 0 spiro atoms. The van der Waals surface area contributed by atoms with E-state index in [4.69, 9.17) is 0 Å². The third kappa shape index (κ3) is 2.41. The Morgan fingerprint density at radius 2 is 2.24 bits per heavy atom. The highest BCUT2D eigenvalue weighted by Gasteiger charge is 2.37. The molecule has 1 aliphatic rings. The maximum Gasteiger partial charge on any atom is 0.246 e. The Hall–Kier alpha value is -1.92. The predicted molar refractivity (Wildman–Crippen MR) is 82.1 cm³/mol. The van der Waals surface area contributed by atoms with Gasteiger partial charge in [0.15, 0.2) is 0 Å².